The largest absolute Gasteiger partial charge is 0.370 e. The van der Waals surface area contributed by atoms with Crippen LogP contribution in [0.25, 0.3) is 0 Å². The quantitative estimate of drug-likeness (QED) is 0.660. The lowest BCUT2D eigenvalue weighted by Crippen LogP contribution is -2.13. The zero-order valence-electron chi connectivity index (χ0n) is 9.35. The lowest BCUT2D eigenvalue weighted by atomic mass is 10.1. The fourth-order valence-corrected chi connectivity index (χ4v) is 1.43. The highest BCUT2D eigenvalue weighted by Gasteiger charge is 2.22. The zero-order valence-corrected chi connectivity index (χ0v) is 9.35. The van der Waals surface area contributed by atoms with Crippen LogP contribution in [0.15, 0.2) is 30.3 Å². The molecule has 15 heavy (non-hydrogen) atoms. The molecule has 0 aromatic heterocycles. The molecule has 1 aromatic carbocycles. The second-order valence-corrected chi connectivity index (χ2v) is 3.89. The van der Waals surface area contributed by atoms with E-state index in [1.54, 1.807) is 0 Å². The Labute approximate surface area is 91.3 Å². The minimum atomic E-state index is -0.116. The summed E-state index contributed by atoms with van der Waals surface area (Å²) in [6.45, 7) is 4.87. The molecule has 82 valence electrons. The molecule has 2 nitrogen and oxygen atoms in total. The van der Waals surface area contributed by atoms with E-state index in [1.807, 2.05) is 25.1 Å². The highest BCUT2D eigenvalue weighted by molar-refractivity contribution is 5.56. The molecule has 1 aliphatic heterocycles. The molecular formula is C13H18O2. The van der Waals surface area contributed by atoms with Gasteiger partial charge in [0, 0.05) is 6.61 Å². The highest BCUT2D eigenvalue weighted by Crippen LogP contribution is 2.17. The molecule has 2 heteroatoms. The standard InChI is InChI=1S/C7H8.C6H10O2/c1-7-5-3-2-4-6-7;1-5-2-3-8-6(5)4-7/h2-6H,1H3;4-6H,2-3H2,1H3. The molecule has 0 aliphatic carbocycles. The van der Waals surface area contributed by atoms with Crippen LogP contribution < -0.4 is 0 Å². The number of aryl methyl sites for hydroxylation is 1. The molecule has 2 atom stereocenters. The summed E-state index contributed by atoms with van der Waals surface area (Å²) in [6.07, 6.45) is 1.80. The average Bonchev–Trinajstić information content (AvgIpc) is 2.66. The van der Waals surface area contributed by atoms with Crippen molar-refractivity contribution in [3.63, 3.8) is 0 Å². The number of ether oxygens (including phenoxy) is 1. The summed E-state index contributed by atoms with van der Waals surface area (Å²) >= 11 is 0. The first kappa shape index (κ1) is 11.9. The van der Waals surface area contributed by atoms with E-state index in [-0.39, 0.29) is 6.10 Å². The second-order valence-electron chi connectivity index (χ2n) is 3.89. The zero-order chi connectivity index (χ0) is 11.1. The van der Waals surface area contributed by atoms with Crippen LogP contribution in [0, 0.1) is 12.8 Å². The summed E-state index contributed by atoms with van der Waals surface area (Å²) in [5.74, 6) is 0.437. The average molecular weight is 206 g/mol. The number of hydrogen-bond donors (Lipinski definition) is 0. The fourth-order valence-electron chi connectivity index (χ4n) is 1.43. The van der Waals surface area contributed by atoms with E-state index in [9.17, 15) is 4.79 Å². The Balaban J connectivity index is 0.000000151. The lowest BCUT2D eigenvalue weighted by molar-refractivity contribution is -0.116. The molecule has 1 aromatic rings. The SMILES string of the molecule is CC1CCOC1C=O.Cc1ccccc1. The van der Waals surface area contributed by atoms with Gasteiger partial charge in [0.2, 0.25) is 0 Å². The number of aldehydes is 1. The molecule has 1 saturated heterocycles. The van der Waals surface area contributed by atoms with Gasteiger partial charge < -0.3 is 9.53 Å². The molecule has 0 amide bonds. The van der Waals surface area contributed by atoms with Crippen LogP contribution in [0.1, 0.15) is 18.9 Å². The Morgan fingerprint density at radius 1 is 1.33 bits per heavy atom. The maximum atomic E-state index is 10.1. The number of benzene rings is 1. The van der Waals surface area contributed by atoms with Crippen molar-refractivity contribution >= 4 is 6.29 Å². The minimum absolute atomic E-state index is 0.116. The Hall–Kier alpha value is -1.15. The summed E-state index contributed by atoms with van der Waals surface area (Å²) in [6, 6.07) is 10.3. The minimum Gasteiger partial charge on any atom is -0.370 e. The monoisotopic (exact) mass is 206 g/mol. The van der Waals surface area contributed by atoms with E-state index < -0.39 is 0 Å². The van der Waals surface area contributed by atoms with Gasteiger partial charge in [-0.05, 0) is 19.3 Å². The first-order chi connectivity index (χ1) is 7.24. The van der Waals surface area contributed by atoms with Gasteiger partial charge in [0.1, 0.15) is 12.4 Å². The van der Waals surface area contributed by atoms with Gasteiger partial charge in [0.05, 0.1) is 0 Å². The highest BCUT2D eigenvalue weighted by atomic mass is 16.5. The Bertz CT molecular complexity index is 282. The predicted octanol–water partition coefficient (Wildman–Crippen LogP) is 2.61. The van der Waals surface area contributed by atoms with Crippen LogP contribution >= 0.6 is 0 Å². The van der Waals surface area contributed by atoms with Gasteiger partial charge in [-0.25, -0.2) is 0 Å². The van der Waals surface area contributed by atoms with Crippen molar-refractivity contribution in [2.24, 2.45) is 5.92 Å². The fraction of sp³-hybridized carbons (Fsp3) is 0.462. The Kier molecular flexibility index (Phi) is 5.05. The predicted molar refractivity (Wildman–Crippen MR) is 60.8 cm³/mol. The van der Waals surface area contributed by atoms with E-state index in [4.69, 9.17) is 4.74 Å². The van der Waals surface area contributed by atoms with E-state index in [0.29, 0.717) is 5.92 Å². The molecule has 2 rings (SSSR count). The molecule has 2 unspecified atom stereocenters. The van der Waals surface area contributed by atoms with Gasteiger partial charge in [0.15, 0.2) is 0 Å². The van der Waals surface area contributed by atoms with Crippen molar-refractivity contribution in [3.05, 3.63) is 35.9 Å². The number of rotatable bonds is 1. The summed E-state index contributed by atoms with van der Waals surface area (Å²) in [4.78, 5) is 10.1. The molecule has 0 radical (unpaired) electrons. The number of hydrogen-bond acceptors (Lipinski definition) is 2. The van der Waals surface area contributed by atoms with Crippen molar-refractivity contribution in [3.8, 4) is 0 Å². The van der Waals surface area contributed by atoms with Crippen LogP contribution in [0.5, 0.6) is 0 Å². The van der Waals surface area contributed by atoms with Crippen LogP contribution in [0.3, 0.4) is 0 Å². The summed E-state index contributed by atoms with van der Waals surface area (Å²) in [7, 11) is 0. The van der Waals surface area contributed by atoms with Gasteiger partial charge in [0.25, 0.3) is 0 Å². The third-order valence-electron chi connectivity index (χ3n) is 2.52. The summed E-state index contributed by atoms with van der Waals surface area (Å²) < 4.78 is 5.05. The first-order valence-electron chi connectivity index (χ1n) is 5.32. The third kappa shape index (κ3) is 4.26. The normalized spacial score (nSPS) is 24.1. The molecule has 1 heterocycles. The van der Waals surface area contributed by atoms with Crippen LogP contribution in [-0.2, 0) is 9.53 Å². The van der Waals surface area contributed by atoms with Crippen molar-refractivity contribution in [2.45, 2.75) is 26.4 Å². The van der Waals surface area contributed by atoms with Crippen molar-refractivity contribution in [2.75, 3.05) is 6.61 Å². The lowest BCUT2D eigenvalue weighted by Gasteiger charge is -2.03. The first-order valence-corrected chi connectivity index (χ1v) is 5.32. The molecule has 1 fully saturated rings. The Morgan fingerprint density at radius 3 is 2.27 bits per heavy atom. The van der Waals surface area contributed by atoms with Crippen molar-refractivity contribution < 1.29 is 9.53 Å². The summed E-state index contributed by atoms with van der Waals surface area (Å²) in [5, 5.41) is 0. The molecule has 0 saturated carbocycles. The maximum absolute atomic E-state index is 10.1. The topological polar surface area (TPSA) is 26.3 Å². The number of carbonyl (C=O) groups is 1. The molecule has 1 aliphatic rings. The maximum Gasteiger partial charge on any atom is 0.149 e. The van der Waals surface area contributed by atoms with Gasteiger partial charge >= 0.3 is 0 Å². The van der Waals surface area contributed by atoms with Crippen molar-refractivity contribution in [1.29, 1.82) is 0 Å². The van der Waals surface area contributed by atoms with E-state index in [2.05, 4.69) is 19.1 Å². The van der Waals surface area contributed by atoms with E-state index in [0.717, 1.165) is 19.3 Å². The number of carbonyl (C=O) groups excluding carboxylic acids is 1. The van der Waals surface area contributed by atoms with Crippen LogP contribution in [0.4, 0.5) is 0 Å². The molecular weight excluding hydrogens is 188 g/mol. The van der Waals surface area contributed by atoms with Crippen LogP contribution in [0.2, 0.25) is 0 Å². The van der Waals surface area contributed by atoms with E-state index in [1.165, 1.54) is 5.56 Å². The van der Waals surface area contributed by atoms with Gasteiger partial charge in [-0.15, -0.1) is 0 Å². The van der Waals surface area contributed by atoms with Gasteiger partial charge in [-0.1, -0.05) is 42.8 Å². The smallest absolute Gasteiger partial charge is 0.149 e. The van der Waals surface area contributed by atoms with E-state index >= 15 is 0 Å². The molecule has 0 spiro atoms. The van der Waals surface area contributed by atoms with Crippen LogP contribution in [-0.4, -0.2) is 19.0 Å². The summed E-state index contributed by atoms with van der Waals surface area (Å²) in [5.41, 5.74) is 1.32. The third-order valence-corrected chi connectivity index (χ3v) is 2.52. The van der Waals surface area contributed by atoms with Gasteiger partial charge in [-0.3, -0.25) is 0 Å². The molecule has 0 bridgehead atoms. The van der Waals surface area contributed by atoms with Gasteiger partial charge in [-0.2, -0.15) is 0 Å². The molecule has 0 N–H and O–H groups in total. The van der Waals surface area contributed by atoms with Crippen molar-refractivity contribution in [1.82, 2.24) is 0 Å². The Morgan fingerprint density at radius 2 is 2.00 bits per heavy atom. The second kappa shape index (κ2) is 6.36.